The summed E-state index contributed by atoms with van der Waals surface area (Å²) in [4.78, 5) is 21.7. The van der Waals surface area contributed by atoms with Crippen molar-refractivity contribution in [2.24, 2.45) is 0 Å². The largest absolute Gasteiger partial charge is 0.337 e. The van der Waals surface area contributed by atoms with Crippen LogP contribution in [0.3, 0.4) is 0 Å². The van der Waals surface area contributed by atoms with Crippen molar-refractivity contribution in [2.75, 3.05) is 32.7 Å². The third-order valence-electron chi connectivity index (χ3n) is 5.14. The van der Waals surface area contributed by atoms with Gasteiger partial charge in [-0.25, -0.2) is 0 Å². The van der Waals surface area contributed by atoms with Crippen LogP contribution >= 0.6 is 0 Å². The van der Waals surface area contributed by atoms with Gasteiger partial charge < -0.3 is 9.80 Å². The molecule has 1 aromatic heterocycles. The van der Waals surface area contributed by atoms with Crippen LogP contribution in [0.2, 0.25) is 0 Å². The molecular weight excluding hydrogens is 322 g/mol. The molecule has 0 saturated carbocycles. The van der Waals surface area contributed by atoms with E-state index in [1.54, 1.807) is 6.20 Å². The molecule has 0 unspecified atom stereocenters. The van der Waals surface area contributed by atoms with Crippen LogP contribution in [0, 0.1) is 13.8 Å². The number of hydrogen-bond donors (Lipinski definition) is 0. The van der Waals surface area contributed by atoms with Gasteiger partial charge in [-0.15, -0.1) is 0 Å². The van der Waals surface area contributed by atoms with Crippen molar-refractivity contribution in [3.63, 3.8) is 0 Å². The molecule has 0 atom stereocenters. The van der Waals surface area contributed by atoms with Crippen LogP contribution in [0.1, 0.15) is 40.0 Å². The van der Waals surface area contributed by atoms with E-state index in [0.717, 1.165) is 62.4 Å². The van der Waals surface area contributed by atoms with Crippen LogP contribution in [0.15, 0.2) is 42.6 Å². The van der Waals surface area contributed by atoms with Crippen LogP contribution < -0.4 is 0 Å². The van der Waals surface area contributed by atoms with Gasteiger partial charge in [0.25, 0.3) is 5.91 Å². The molecule has 138 valence electrons. The molecule has 26 heavy (non-hydrogen) atoms. The minimum Gasteiger partial charge on any atom is -0.337 e. The summed E-state index contributed by atoms with van der Waals surface area (Å²) >= 11 is 0. The predicted octanol–water partition coefficient (Wildman–Crippen LogP) is 3.48. The SMILES string of the molecule is Cc1cc(C)c(C(=O)N2CCCN(CCCc3ccccc3)CC2)cn1. The van der Waals surface area contributed by atoms with Gasteiger partial charge in [-0.3, -0.25) is 9.78 Å². The molecule has 1 fully saturated rings. The Morgan fingerprint density at radius 3 is 2.65 bits per heavy atom. The first kappa shape index (κ1) is 18.6. The molecular formula is C22H29N3O. The summed E-state index contributed by atoms with van der Waals surface area (Å²) in [5.74, 6) is 0.126. The van der Waals surface area contributed by atoms with Crippen molar-refractivity contribution in [3.8, 4) is 0 Å². The fraction of sp³-hybridized carbons (Fsp3) is 0.455. The Morgan fingerprint density at radius 2 is 1.88 bits per heavy atom. The number of amides is 1. The average Bonchev–Trinajstić information content (AvgIpc) is 2.88. The number of rotatable bonds is 5. The van der Waals surface area contributed by atoms with Crippen LogP contribution in [0.5, 0.6) is 0 Å². The zero-order valence-electron chi connectivity index (χ0n) is 15.9. The van der Waals surface area contributed by atoms with E-state index in [9.17, 15) is 4.79 Å². The van der Waals surface area contributed by atoms with Crippen LogP contribution in [-0.2, 0) is 6.42 Å². The quantitative estimate of drug-likeness (QED) is 0.827. The van der Waals surface area contributed by atoms with E-state index in [1.165, 1.54) is 12.0 Å². The Morgan fingerprint density at radius 1 is 1.08 bits per heavy atom. The van der Waals surface area contributed by atoms with Gasteiger partial charge in [0.15, 0.2) is 0 Å². The monoisotopic (exact) mass is 351 g/mol. The van der Waals surface area contributed by atoms with E-state index in [4.69, 9.17) is 0 Å². The van der Waals surface area contributed by atoms with Gasteiger partial charge in [0.2, 0.25) is 0 Å². The van der Waals surface area contributed by atoms with Crippen LogP contribution in [-0.4, -0.2) is 53.4 Å². The van der Waals surface area contributed by atoms with Gasteiger partial charge in [-0.05, 0) is 63.4 Å². The van der Waals surface area contributed by atoms with Gasteiger partial charge in [0, 0.05) is 31.5 Å². The maximum atomic E-state index is 12.9. The second kappa shape index (κ2) is 8.95. The lowest BCUT2D eigenvalue weighted by Crippen LogP contribution is -2.36. The van der Waals surface area contributed by atoms with Crippen LogP contribution in [0.25, 0.3) is 0 Å². The molecule has 0 N–H and O–H groups in total. The highest BCUT2D eigenvalue weighted by atomic mass is 16.2. The molecule has 0 bridgehead atoms. The third-order valence-corrected chi connectivity index (χ3v) is 5.14. The summed E-state index contributed by atoms with van der Waals surface area (Å²) in [5.41, 5.74) is 4.13. The van der Waals surface area contributed by atoms with Crippen molar-refractivity contribution >= 4 is 5.91 Å². The summed E-state index contributed by atoms with van der Waals surface area (Å²) in [6.45, 7) is 8.72. The molecule has 1 aliphatic heterocycles. The Balaban J connectivity index is 1.50. The first-order chi connectivity index (χ1) is 12.6. The maximum Gasteiger partial charge on any atom is 0.255 e. The average molecular weight is 351 g/mol. The zero-order valence-corrected chi connectivity index (χ0v) is 15.9. The summed E-state index contributed by atoms with van der Waals surface area (Å²) in [7, 11) is 0. The van der Waals surface area contributed by atoms with Gasteiger partial charge >= 0.3 is 0 Å². The second-order valence-electron chi connectivity index (χ2n) is 7.22. The smallest absolute Gasteiger partial charge is 0.255 e. The number of carbonyl (C=O) groups excluding carboxylic acids is 1. The first-order valence-electron chi connectivity index (χ1n) is 9.62. The van der Waals surface area contributed by atoms with Gasteiger partial charge in [-0.1, -0.05) is 30.3 Å². The number of aromatic nitrogens is 1. The molecule has 2 aromatic rings. The molecule has 1 aliphatic rings. The lowest BCUT2D eigenvalue weighted by molar-refractivity contribution is 0.0760. The molecule has 0 spiro atoms. The van der Waals surface area contributed by atoms with Gasteiger partial charge in [-0.2, -0.15) is 0 Å². The van der Waals surface area contributed by atoms with Crippen molar-refractivity contribution in [3.05, 3.63) is 65.0 Å². The van der Waals surface area contributed by atoms with Crippen molar-refractivity contribution in [1.29, 1.82) is 0 Å². The van der Waals surface area contributed by atoms with E-state index in [-0.39, 0.29) is 5.91 Å². The number of carbonyl (C=O) groups is 1. The highest BCUT2D eigenvalue weighted by molar-refractivity contribution is 5.95. The number of pyridine rings is 1. The Hall–Kier alpha value is -2.20. The molecule has 0 radical (unpaired) electrons. The highest BCUT2D eigenvalue weighted by Crippen LogP contribution is 2.14. The lowest BCUT2D eigenvalue weighted by atomic mass is 10.1. The second-order valence-corrected chi connectivity index (χ2v) is 7.22. The molecule has 4 heteroatoms. The zero-order chi connectivity index (χ0) is 18.4. The van der Waals surface area contributed by atoms with Gasteiger partial charge in [0.1, 0.15) is 0 Å². The minimum absolute atomic E-state index is 0.126. The molecule has 1 saturated heterocycles. The Labute approximate surface area is 156 Å². The first-order valence-corrected chi connectivity index (χ1v) is 9.62. The van der Waals surface area contributed by atoms with E-state index < -0.39 is 0 Å². The topological polar surface area (TPSA) is 36.4 Å². The molecule has 4 nitrogen and oxygen atoms in total. The lowest BCUT2D eigenvalue weighted by Gasteiger charge is -2.22. The summed E-state index contributed by atoms with van der Waals surface area (Å²) in [6.07, 6.45) is 5.05. The van der Waals surface area contributed by atoms with E-state index in [0.29, 0.717) is 0 Å². The minimum atomic E-state index is 0.126. The summed E-state index contributed by atoms with van der Waals surface area (Å²) in [6, 6.07) is 12.6. The van der Waals surface area contributed by atoms with E-state index in [1.807, 2.05) is 24.8 Å². The molecule has 1 amide bonds. The van der Waals surface area contributed by atoms with Gasteiger partial charge in [0.05, 0.1) is 5.56 Å². The molecule has 3 rings (SSSR count). The van der Waals surface area contributed by atoms with Crippen molar-refractivity contribution in [2.45, 2.75) is 33.1 Å². The van der Waals surface area contributed by atoms with Crippen molar-refractivity contribution in [1.82, 2.24) is 14.8 Å². The Bertz CT molecular complexity index is 729. The standard InChI is InChI=1S/C22H29N3O/c1-18-16-19(2)23-17-21(18)22(26)25-13-7-12-24(14-15-25)11-6-10-20-8-4-3-5-9-20/h3-5,8-9,16-17H,6-7,10-15H2,1-2H3. The molecule has 1 aromatic carbocycles. The molecule has 0 aliphatic carbocycles. The fourth-order valence-corrected chi connectivity index (χ4v) is 3.64. The van der Waals surface area contributed by atoms with Crippen LogP contribution in [0.4, 0.5) is 0 Å². The fourth-order valence-electron chi connectivity index (χ4n) is 3.64. The normalized spacial score (nSPS) is 15.7. The number of nitrogens with zero attached hydrogens (tertiary/aromatic N) is 3. The van der Waals surface area contributed by atoms with E-state index in [2.05, 4.69) is 40.2 Å². The molecule has 2 heterocycles. The summed E-state index contributed by atoms with van der Waals surface area (Å²) < 4.78 is 0. The number of hydrogen-bond acceptors (Lipinski definition) is 3. The van der Waals surface area contributed by atoms with E-state index >= 15 is 0 Å². The number of benzene rings is 1. The summed E-state index contributed by atoms with van der Waals surface area (Å²) in [5, 5.41) is 0. The predicted molar refractivity (Wildman–Crippen MR) is 105 cm³/mol. The van der Waals surface area contributed by atoms with Crippen molar-refractivity contribution < 1.29 is 4.79 Å². The maximum absolute atomic E-state index is 12.9. The third kappa shape index (κ3) is 4.92. The highest BCUT2D eigenvalue weighted by Gasteiger charge is 2.21. The number of aryl methyl sites for hydroxylation is 3. The Kier molecular flexibility index (Phi) is 6.40.